The zero-order valence-electron chi connectivity index (χ0n) is 11.6. The Kier molecular flexibility index (Phi) is 3.95. The van der Waals surface area contributed by atoms with Gasteiger partial charge >= 0.3 is 0 Å². The number of nitrogens with two attached hydrogens (primary N) is 1. The number of nitrogen functional groups attached to an aromatic ring is 1. The van der Waals surface area contributed by atoms with Gasteiger partial charge in [0.1, 0.15) is 0 Å². The number of rotatable bonds is 3. The molecule has 1 atom stereocenters. The third kappa shape index (κ3) is 3.09. The van der Waals surface area contributed by atoms with Gasteiger partial charge in [0.25, 0.3) is 0 Å². The molecule has 2 aromatic rings. The zero-order valence-corrected chi connectivity index (χ0v) is 12.4. The molecule has 0 saturated carbocycles. The third-order valence-corrected chi connectivity index (χ3v) is 4.09. The summed E-state index contributed by atoms with van der Waals surface area (Å²) in [6, 6.07) is 13.0. The van der Waals surface area contributed by atoms with Crippen LogP contribution in [0.4, 0.5) is 5.69 Å². The molecule has 2 aromatic carbocycles. The normalized spacial score (nSPS) is 17.3. The van der Waals surface area contributed by atoms with Crippen LogP contribution in [0.15, 0.2) is 42.5 Å². The van der Waals surface area contributed by atoms with Crippen LogP contribution in [0, 0.1) is 0 Å². The van der Waals surface area contributed by atoms with Crippen molar-refractivity contribution >= 4 is 23.1 Å². The zero-order chi connectivity index (χ0) is 14.8. The topological polar surface area (TPSA) is 55.1 Å². The lowest BCUT2D eigenvalue weighted by Crippen LogP contribution is -2.36. The molecule has 3 nitrogen and oxygen atoms in total. The highest BCUT2D eigenvalue weighted by atomic mass is 35.5. The molecule has 1 unspecified atom stereocenters. The number of Topliss-reactive ketones (excluding diaryl/α,β-unsaturated/α-hetero) is 1. The Hall–Kier alpha value is -1.84. The van der Waals surface area contributed by atoms with Gasteiger partial charge in [-0.2, -0.15) is 0 Å². The van der Waals surface area contributed by atoms with Crippen LogP contribution in [0.25, 0.3) is 0 Å². The largest absolute Gasteiger partial charge is 0.399 e. The number of fused-ring (bicyclic) bond motifs is 1. The lowest BCUT2D eigenvalue weighted by molar-refractivity contribution is -0.120. The van der Waals surface area contributed by atoms with E-state index in [2.05, 4.69) is 5.32 Å². The van der Waals surface area contributed by atoms with Crippen LogP contribution in [-0.4, -0.2) is 12.3 Å². The van der Waals surface area contributed by atoms with Crippen LogP contribution in [0.1, 0.15) is 22.7 Å². The highest BCUT2D eigenvalue weighted by molar-refractivity contribution is 6.30. The first-order chi connectivity index (χ1) is 10.1. The highest BCUT2D eigenvalue weighted by Crippen LogP contribution is 2.26. The number of carbonyl (C=O) groups excluding carboxylic acids is 1. The van der Waals surface area contributed by atoms with Crippen LogP contribution in [0.3, 0.4) is 0 Å². The molecule has 108 valence electrons. The van der Waals surface area contributed by atoms with E-state index in [1.807, 2.05) is 42.5 Å². The van der Waals surface area contributed by atoms with Crippen molar-refractivity contribution in [1.82, 2.24) is 5.32 Å². The predicted octanol–water partition coefficient (Wildman–Crippen LogP) is 2.92. The number of anilines is 1. The number of nitrogens with one attached hydrogen (secondary N) is 1. The molecule has 4 heteroatoms. The van der Waals surface area contributed by atoms with Gasteiger partial charge in [-0.15, -0.1) is 0 Å². The molecule has 0 aliphatic carbocycles. The minimum absolute atomic E-state index is 0.169. The molecular formula is C17H17ClN2O. The van der Waals surface area contributed by atoms with Gasteiger partial charge in [0, 0.05) is 23.7 Å². The van der Waals surface area contributed by atoms with E-state index >= 15 is 0 Å². The van der Waals surface area contributed by atoms with E-state index in [4.69, 9.17) is 17.3 Å². The van der Waals surface area contributed by atoms with E-state index in [0.29, 0.717) is 11.4 Å². The molecule has 0 saturated heterocycles. The van der Waals surface area contributed by atoms with E-state index in [1.54, 1.807) is 0 Å². The Labute approximate surface area is 129 Å². The number of halogens is 1. The maximum Gasteiger partial charge on any atom is 0.158 e. The van der Waals surface area contributed by atoms with Crippen molar-refractivity contribution in [2.24, 2.45) is 0 Å². The smallest absolute Gasteiger partial charge is 0.158 e. The Bertz CT molecular complexity index is 667. The van der Waals surface area contributed by atoms with Crippen LogP contribution in [0.5, 0.6) is 0 Å². The molecule has 1 aliphatic rings. The Morgan fingerprint density at radius 2 is 2.00 bits per heavy atom. The second kappa shape index (κ2) is 5.88. The molecule has 1 heterocycles. The van der Waals surface area contributed by atoms with Gasteiger partial charge in [0.15, 0.2) is 5.78 Å². The Morgan fingerprint density at radius 3 is 2.76 bits per heavy atom. The average molecular weight is 301 g/mol. The molecule has 0 bridgehead atoms. The first-order valence-corrected chi connectivity index (χ1v) is 7.40. The summed E-state index contributed by atoms with van der Waals surface area (Å²) in [7, 11) is 0. The molecule has 0 amide bonds. The second-order valence-corrected chi connectivity index (χ2v) is 5.80. The minimum atomic E-state index is -0.245. The van der Waals surface area contributed by atoms with Gasteiger partial charge in [0.2, 0.25) is 0 Å². The van der Waals surface area contributed by atoms with Gasteiger partial charge in [0.05, 0.1) is 6.04 Å². The maximum absolute atomic E-state index is 12.6. The fraction of sp³-hybridized carbons (Fsp3) is 0.235. The lowest BCUT2D eigenvalue weighted by atomic mass is 9.89. The summed E-state index contributed by atoms with van der Waals surface area (Å²) in [6.07, 6.45) is 1.31. The van der Waals surface area contributed by atoms with Crippen molar-refractivity contribution in [3.63, 3.8) is 0 Å². The van der Waals surface area contributed by atoms with E-state index in [9.17, 15) is 4.79 Å². The first-order valence-electron chi connectivity index (χ1n) is 7.02. The second-order valence-electron chi connectivity index (χ2n) is 5.36. The molecule has 0 fully saturated rings. The summed E-state index contributed by atoms with van der Waals surface area (Å²) in [5.74, 6) is 0.169. The summed E-state index contributed by atoms with van der Waals surface area (Å²) in [5.41, 5.74) is 9.77. The van der Waals surface area contributed by atoms with E-state index in [1.165, 1.54) is 5.56 Å². The predicted molar refractivity (Wildman–Crippen MR) is 85.5 cm³/mol. The van der Waals surface area contributed by atoms with E-state index < -0.39 is 0 Å². The van der Waals surface area contributed by atoms with Gasteiger partial charge in [-0.3, -0.25) is 4.79 Å². The van der Waals surface area contributed by atoms with Crippen molar-refractivity contribution in [3.05, 3.63) is 64.2 Å². The first kappa shape index (κ1) is 14.1. The highest BCUT2D eigenvalue weighted by Gasteiger charge is 2.25. The average Bonchev–Trinajstić information content (AvgIpc) is 2.48. The molecule has 0 aromatic heterocycles. The molecule has 3 N–H and O–H groups in total. The van der Waals surface area contributed by atoms with E-state index in [0.717, 1.165) is 29.8 Å². The Balaban J connectivity index is 1.81. The van der Waals surface area contributed by atoms with Crippen molar-refractivity contribution in [2.75, 3.05) is 12.3 Å². The lowest BCUT2D eigenvalue weighted by Gasteiger charge is -2.26. The summed E-state index contributed by atoms with van der Waals surface area (Å²) >= 11 is 5.87. The summed E-state index contributed by atoms with van der Waals surface area (Å²) in [4.78, 5) is 12.6. The molecule has 0 radical (unpaired) electrons. The van der Waals surface area contributed by atoms with Crippen molar-refractivity contribution in [3.8, 4) is 0 Å². The minimum Gasteiger partial charge on any atom is -0.399 e. The van der Waals surface area contributed by atoms with Gasteiger partial charge in [-0.05, 0) is 47.4 Å². The fourth-order valence-electron chi connectivity index (χ4n) is 2.78. The monoisotopic (exact) mass is 300 g/mol. The number of benzene rings is 2. The summed E-state index contributed by atoms with van der Waals surface area (Å²) in [6.45, 7) is 0.799. The van der Waals surface area contributed by atoms with Crippen LogP contribution >= 0.6 is 11.6 Å². The maximum atomic E-state index is 12.6. The number of hydrogen-bond donors (Lipinski definition) is 2. The van der Waals surface area contributed by atoms with Gasteiger partial charge < -0.3 is 11.1 Å². The fourth-order valence-corrected chi connectivity index (χ4v) is 2.90. The van der Waals surface area contributed by atoms with Gasteiger partial charge in [-0.25, -0.2) is 0 Å². The van der Waals surface area contributed by atoms with Gasteiger partial charge in [-0.1, -0.05) is 29.8 Å². The molecular weight excluding hydrogens is 284 g/mol. The SMILES string of the molecule is Nc1ccc2c(c1)CCNC2C(=O)Cc1ccc(Cl)cc1. The summed E-state index contributed by atoms with van der Waals surface area (Å²) < 4.78 is 0. The summed E-state index contributed by atoms with van der Waals surface area (Å²) in [5, 5.41) is 3.99. The third-order valence-electron chi connectivity index (χ3n) is 3.83. The molecule has 3 rings (SSSR count). The number of carbonyl (C=O) groups is 1. The standard InChI is InChI=1S/C17H17ClN2O/c18-13-3-1-11(2-4-13)9-16(21)17-15-6-5-14(19)10-12(15)7-8-20-17/h1-6,10,17,20H,7-9,19H2. The van der Waals surface area contributed by atoms with Crippen molar-refractivity contribution in [1.29, 1.82) is 0 Å². The van der Waals surface area contributed by atoms with Crippen LogP contribution in [-0.2, 0) is 17.6 Å². The Morgan fingerprint density at radius 1 is 1.24 bits per heavy atom. The van der Waals surface area contributed by atoms with Crippen LogP contribution in [0.2, 0.25) is 5.02 Å². The van der Waals surface area contributed by atoms with Crippen molar-refractivity contribution < 1.29 is 4.79 Å². The number of hydrogen-bond acceptors (Lipinski definition) is 3. The number of ketones is 1. The molecule has 0 spiro atoms. The van der Waals surface area contributed by atoms with E-state index in [-0.39, 0.29) is 11.8 Å². The quantitative estimate of drug-likeness (QED) is 0.857. The van der Waals surface area contributed by atoms with Crippen LogP contribution < -0.4 is 11.1 Å². The molecule has 1 aliphatic heterocycles. The molecule has 21 heavy (non-hydrogen) atoms. The van der Waals surface area contributed by atoms with Crippen molar-refractivity contribution in [2.45, 2.75) is 18.9 Å².